The van der Waals surface area contributed by atoms with E-state index < -0.39 is 10.0 Å². The number of nitrogens with zero attached hydrogens (tertiary/aromatic N) is 3. The van der Waals surface area contributed by atoms with Gasteiger partial charge < -0.3 is 10.6 Å². The third-order valence-electron chi connectivity index (χ3n) is 3.96. The molecule has 27 heavy (non-hydrogen) atoms. The van der Waals surface area contributed by atoms with E-state index in [2.05, 4.69) is 33.7 Å². The van der Waals surface area contributed by atoms with Crippen molar-refractivity contribution in [2.24, 2.45) is 10.1 Å². The average molecular weight is 393 g/mol. The molecule has 0 bridgehead atoms. The van der Waals surface area contributed by atoms with E-state index in [1.165, 1.54) is 12.1 Å². The number of aryl methyl sites for hydroxylation is 3. The lowest BCUT2D eigenvalue weighted by atomic mass is 10.2. The lowest BCUT2D eigenvalue weighted by Gasteiger charge is -2.12. The maximum absolute atomic E-state index is 11.3. The highest BCUT2D eigenvalue weighted by molar-refractivity contribution is 7.89. The SMILES string of the molecule is CCNC(=NCc1ccc(S(N)(=O)=O)cc1)NCCCn1nc(C)cc1C. The van der Waals surface area contributed by atoms with Crippen LogP contribution in [-0.4, -0.2) is 37.2 Å². The molecule has 4 N–H and O–H groups in total. The van der Waals surface area contributed by atoms with Crippen LogP contribution in [0.3, 0.4) is 0 Å². The molecule has 1 aromatic carbocycles. The molecule has 0 spiro atoms. The lowest BCUT2D eigenvalue weighted by molar-refractivity contribution is 0.555. The van der Waals surface area contributed by atoms with Crippen molar-refractivity contribution < 1.29 is 8.42 Å². The normalized spacial score (nSPS) is 12.2. The molecule has 0 aliphatic carbocycles. The molecule has 0 saturated carbocycles. The molecular formula is C18H28N6O2S. The number of guanidine groups is 1. The largest absolute Gasteiger partial charge is 0.357 e. The van der Waals surface area contributed by atoms with Crippen LogP contribution in [0.15, 0.2) is 40.2 Å². The van der Waals surface area contributed by atoms with Crippen LogP contribution in [0, 0.1) is 13.8 Å². The number of nitrogens with two attached hydrogens (primary N) is 1. The fraction of sp³-hybridized carbons (Fsp3) is 0.444. The number of hydrogen-bond acceptors (Lipinski definition) is 4. The molecule has 0 fully saturated rings. The molecule has 8 nitrogen and oxygen atoms in total. The fourth-order valence-corrected chi connectivity index (χ4v) is 3.15. The van der Waals surface area contributed by atoms with Gasteiger partial charge in [0.2, 0.25) is 10.0 Å². The van der Waals surface area contributed by atoms with Crippen LogP contribution in [-0.2, 0) is 23.1 Å². The zero-order valence-electron chi connectivity index (χ0n) is 16.1. The summed E-state index contributed by atoms with van der Waals surface area (Å²) in [6.45, 7) is 8.88. The van der Waals surface area contributed by atoms with Gasteiger partial charge in [-0.3, -0.25) is 4.68 Å². The van der Waals surface area contributed by atoms with Crippen molar-refractivity contribution in [2.75, 3.05) is 13.1 Å². The minimum Gasteiger partial charge on any atom is -0.357 e. The number of rotatable bonds is 8. The van der Waals surface area contributed by atoms with Gasteiger partial charge in [-0.2, -0.15) is 5.10 Å². The third kappa shape index (κ3) is 6.69. The van der Waals surface area contributed by atoms with Gasteiger partial charge >= 0.3 is 0 Å². The Bertz CT molecular complexity index is 872. The second-order valence-corrected chi connectivity index (χ2v) is 7.88. The summed E-state index contributed by atoms with van der Waals surface area (Å²) < 4.78 is 24.6. The fourth-order valence-electron chi connectivity index (χ4n) is 2.63. The maximum atomic E-state index is 11.3. The zero-order chi connectivity index (χ0) is 19.9. The predicted molar refractivity (Wildman–Crippen MR) is 107 cm³/mol. The second kappa shape index (κ2) is 9.52. The van der Waals surface area contributed by atoms with Crippen molar-refractivity contribution in [2.45, 2.75) is 45.2 Å². The van der Waals surface area contributed by atoms with Gasteiger partial charge in [0.05, 0.1) is 17.1 Å². The van der Waals surface area contributed by atoms with Gasteiger partial charge in [-0.15, -0.1) is 0 Å². The van der Waals surface area contributed by atoms with E-state index in [0.717, 1.165) is 49.0 Å². The molecule has 0 aliphatic rings. The molecular weight excluding hydrogens is 364 g/mol. The Labute approximate surface area is 160 Å². The third-order valence-corrected chi connectivity index (χ3v) is 4.89. The molecule has 2 aromatic rings. The summed E-state index contributed by atoms with van der Waals surface area (Å²) >= 11 is 0. The molecule has 0 unspecified atom stereocenters. The Morgan fingerprint density at radius 2 is 1.93 bits per heavy atom. The van der Waals surface area contributed by atoms with Crippen molar-refractivity contribution >= 4 is 16.0 Å². The average Bonchev–Trinajstić information content (AvgIpc) is 2.93. The molecule has 0 amide bonds. The van der Waals surface area contributed by atoms with Crippen LogP contribution in [0.1, 0.15) is 30.3 Å². The quantitative estimate of drug-likeness (QED) is 0.356. The van der Waals surface area contributed by atoms with E-state index in [1.807, 2.05) is 18.5 Å². The summed E-state index contributed by atoms with van der Waals surface area (Å²) in [6.07, 6.45) is 0.926. The highest BCUT2D eigenvalue weighted by atomic mass is 32.2. The van der Waals surface area contributed by atoms with Crippen LogP contribution in [0.2, 0.25) is 0 Å². The summed E-state index contributed by atoms with van der Waals surface area (Å²) in [6, 6.07) is 8.50. The second-order valence-electron chi connectivity index (χ2n) is 6.31. The van der Waals surface area contributed by atoms with Crippen LogP contribution < -0.4 is 15.8 Å². The smallest absolute Gasteiger partial charge is 0.238 e. The molecule has 0 aliphatic heterocycles. The van der Waals surface area contributed by atoms with Crippen molar-refractivity contribution in [3.63, 3.8) is 0 Å². The number of aliphatic imine (C=N–C) groups is 1. The lowest BCUT2D eigenvalue weighted by Crippen LogP contribution is -2.38. The van der Waals surface area contributed by atoms with Gasteiger partial charge in [-0.25, -0.2) is 18.5 Å². The highest BCUT2D eigenvalue weighted by Gasteiger charge is 2.06. The van der Waals surface area contributed by atoms with Crippen LogP contribution in [0.25, 0.3) is 0 Å². The molecule has 2 rings (SSSR count). The van der Waals surface area contributed by atoms with Crippen LogP contribution >= 0.6 is 0 Å². The van der Waals surface area contributed by atoms with E-state index in [-0.39, 0.29) is 4.90 Å². The predicted octanol–water partition coefficient (Wildman–Crippen LogP) is 1.29. The van der Waals surface area contributed by atoms with Gasteiger partial charge in [0.1, 0.15) is 0 Å². The van der Waals surface area contributed by atoms with Crippen molar-refractivity contribution in [1.82, 2.24) is 20.4 Å². The van der Waals surface area contributed by atoms with E-state index in [9.17, 15) is 8.42 Å². The summed E-state index contributed by atoms with van der Waals surface area (Å²) in [5, 5.41) is 16.1. The minimum absolute atomic E-state index is 0.101. The number of nitrogens with one attached hydrogen (secondary N) is 2. The monoisotopic (exact) mass is 392 g/mol. The number of hydrogen-bond donors (Lipinski definition) is 3. The number of sulfonamides is 1. The van der Waals surface area contributed by atoms with Gasteiger partial charge in [-0.05, 0) is 51.0 Å². The Balaban J connectivity index is 1.87. The molecule has 0 saturated heterocycles. The first-order valence-electron chi connectivity index (χ1n) is 8.94. The molecule has 0 radical (unpaired) electrons. The summed E-state index contributed by atoms with van der Waals surface area (Å²) in [4.78, 5) is 4.63. The topological polar surface area (TPSA) is 114 Å². The molecule has 9 heteroatoms. The highest BCUT2D eigenvalue weighted by Crippen LogP contribution is 2.09. The summed E-state index contributed by atoms with van der Waals surface area (Å²) in [5.74, 6) is 0.724. The van der Waals surface area contributed by atoms with Crippen molar-refractivity contribution in [3.8, 4) is 0 Å². The van der Waals surface area contributed by atoms with E-state index >= 15 is 0 Å². The Hall–Kier alpha value is -2.39. The molecule has 1 heterocycles. The number of benzene rings is 1. The van der Waals surface area contributed by atoms with E-state index in [1.54, 1.807) is 12.1 Å². The van der Waals surface area contributed by atoms with Crippen molar-refractivity contribution in [1.29, 1.82) is 0 Å². The summed E-state index contributed by atoms with van der Waals surface area (Å²) in [5.41, 5.74) is 3.10. The first-order valence-corrected chi connectivity index (χ1v) is 10.5. The first kappa shape index (κ1) is 20.9. The zero-order valence-corrected chi connectivity index (χ0v) is 16.9. The van der Waals surface area contributed by atoms with Crippen molar-refractivity contribution in [3.05, 3.63) is 47.3 Å². The van der Waals surface area contributed by atoms with Crippen LogP contribution in [0.5, 0.6) is 0 Å². The van der Waals surface area contributed by atoms with Gasteiger partial charge in [-0.1, -0.05) is 12.1 Å². The Kier molecular flexibility index (Phi) is 7.37. The standard InChI is InChI=1S/C18H28N6O2S/c1-4-20-18(21-10-5-11-24-15(3)12-14(2)23-24)22-13-16-6-8-17(9-7-16)27(19,25)26/h6-9,12H,4-5,10-11,13H2,1-3H3,(H2,19,25,26)(H2,20,21,22). The number of primary sulfonamides is 1. The van der Waals surface area contributed by atoms with E-state index in [4.69, 9.17) is 5.14 Å². The van der Waals surface area contributed by atoms with Gasteiger partial charge in [0.25, 0.3) is 0 Å². The Morgan fingerprint density at radius 1 is 1.22 bits per heavy atom. The first-order chi connectivity index (χ1) is 12.8. The molecule has 1 aromatic heterocycles. The van der Waals surface area contributed by atoms with E-state index in [0.29, 0.717) is 6.54 Å². The molecule has 0 atom stereocenters. The molecule has 148 valence electrons. The van der Waals surface area contributed by atoms with Gasteiger partial charge in [0.15, 0.2) is 5.96 Å². The Morgan fingerprint density at radius 3 is 2.48 bits per heavy atom. The van der Waals surface area contributed by atoms with Gasteiger partial charge in [0, 0.05) is 25.3 Å². The minimum atomic E-state index is -3.67. The number of aromatic nitrogens is 2. The maximum Gasteiger partial charge on any atom is 0.238 e. The summed E-state index contributed by atoms with van der Waals surface area (Å²) in [7, 11) is -3.67. The van der Waals surface area contributed by atoms with Crippen LogP contribution in [0.4, 0.5) is 0 Å².